The van der Waals surface area contributed by atoms with E-state index in [1.54, 1.807) is 6.07 Å². The summed E-state index contributed by atoms with van der Waals surface area (Å²) in [5, 5.41) is 10.1. The third kappa shape index (κ3) is 5.79. The normalized spacial score (nSPS) is 17.0. The molecule has 0 aromatic heterocycles. The molecule has 3 nitrogen and oxygen atoms in total. The smallest absolute Gasteiger partial charge is 0.389 e. The van der Waals surface area contributed by atoms with E-state index in [1.165, 1.54) is 12.1 Å². The number of nitrogens with zero attached hydrogens (tertiary/aromatic N) is 1. The van der Waals surface area contributed by atoms with Gasteiger partial charge in [0.25, 0.3) is 0 Å². The molecule has 1 aliphatic carbocycles. The first kappa shape index (κ1) is 18.2. The largest absolute Gasteiger partial charge is 0.416 e. The molecule has 2 rings (SSSR count). The van der Waals surface area contributed by atoms with Crippen LogP contribution in [0.3, 0.4) is 0 Å². The molecule has 0 heterocycles. The van der Waals surface area contributed by atoms with Crippen molar-refractivity contribution in [2.24, 2.45) is 0 Å². The molecule has 0 saturated heterocycles. The lowest BCUT2D eigenvalue weighted by atomic mass is 10.1. The Balaban J connectivity index is 2.03. The van der Waals surface area contributed by atoms with Crippen LogP contribution in [0.25, 0.3) is 0 Å². The lowest BCUT2D eigenvalue weighted by molar-refractivity contribution is -0.138. The maximum atomic E-state index is 13.1. The van der Waals surface area contributed by atoms with Gasteiger partial charge in [-0.3, -0.25) is 4.90 Å². The lowest BCUT2D eigenvalue weighted by Gasteiger charge is -2.26. The highest BCUT2D eigenvalue weighted by Gasteiger charge is 2.35. The Morgan fingerprint density at radius 2 is 1.91 bits per heavy atom. The minimum Gasteiger partial charge on any atom is -0.389 e. The number of aliphatic hydroxyl groups is 1. The number of ether oxygens (including phenoxy) is 1. The van der Waals surface area contributed by atoms with Gasteiger partial charge in [0.1, 0.15) is 0 Å². The number of rotatable bonds is 8. The van der Waals surface area contributed by atoms with Crippen LogP contribution in [0.1, 0.15) is 37.8 Å². The van der Waals surface area contributed by atoms with Crippen LogP contribution < -0.4 is 0 Å². The van der Waals surface area contributed by atoms with E-state index < -0.39 is 17.8 Å². The van der Waals surface area contributed by atoms with Gasteiger partial charge in [0.05, 0.1) is 24.4 Å². The standard InChI is InChI=1S/C17H24F3NO2/c1-12(2)23-11-15(22)10-21(14-7-8-14)9-13-5-3-4-6-16(13)17(18,19)20/h3-6,12,14-15,22H,7-11H2,1-2H3. The van der Waals surface area contributed by atoms with Crippen LogP contribution in [0, 0.1) is 0 Å². The summed E-state index contributed by atoms with van der Waals surface area (Å²) >= 11 is 0. The first-order valence-corrected chi connectivity index (χ1v) is 7.96. The van der Waals surface area contributed by atoms with E-state index in [2.05, 4.69) is 0 Å². The molecular weight excluding hydrogens is 307 g/mol. The maximum absolute atomic E-state index is 13.1. The fourth-order valence-corrected chi connectivity index (χ4v) is 2.56. The molecule has 0 radical (unpaired) electrons. The Morgan fingerprint density at radius 3 is 2.48 bits per heavy atom. The number of alkyl halides is 3. The summed E-state index contributed by atoms with van der Waals surface area (Å²) in [4.78, 5) is 1.93. The van der Waals surface area contributed by atoms with Crippen LogP contribution in [0.15, 0.2) is 24.3 Å². The Bertz CT molecular complexity index is 501. The number of benzene rings is 1. The van der Waals surface area contributed by atoms with Gasteiger partial charge in [0.15, 0.2) is 0 Å². The minimum absolute atomic E-state index is 0.0185. The van der Waals surface area contributed by atoms with E-state index in [-0.39, 0.29) is 30.9 Å². The molecule has 23 heavy (non-hydrogen) atoms. The highest BCUT2D eigenvalue weighted by molar-refractivity contribution is 5.29. The minimum atomic E-state index is -4.36. The van der Waals surface area contributed by atoms with E-state index >= 15 is 0 Å². The molecular formula is C17H24F3NO2. The van der Waals surface area contributed by atoms with Crippen molar-refractivity contribution in [1.29, 1.82) is 0 Å². The van der Waals surface area contributed by atoms with Crippen LogP contribution >= 0.6 is 0 Å². The molecule has 0 aliphatic heterocycles. The Hall–Kier alpha value is -1.11. The van der Waals surface area contributed by atoms with Gasteiger partial charge >= 0.3 is 6.18 Å². The van der Waals surface area contributed by atoms with Gasteiger partial charge < -0.3 is 9.84 Å². The Labute approximate surface area is 135 Å². The summed E-state index contributed by atoms with van der Waals surface area (Å²) in [6.45, 7) is 4.47. The fourth-order valence-electron chi connectivity index (χ4n) is 2.56. The zero-order valence-corrected chi connectivity index (χ0v) is 13.5. The molecule has 1 saturated carbocycles. The van der Waals surface area contributed by atoms with Crippen LogP contribution in [0.2, 0.25) is 0 Å². The van der Waals surface area contributed by atoms with Crippen molar-refractivity contribution in [3.8, 4) is 0 Å². The number of halogens is 3. The zero-order chi connectivity index (χ0) is 17.0. The van der Waals surface area contributed by atoms with Crippen LogP contribution in [-0.4, -0.2) is 41.4 Å². The molecule has 1 atom stereocenters. The van der Waals surface area contributed by atoms with Crippen molar-refractivity contribution in [1.82, 2.24) is 4.90 Å². The van der Waals surface area contributed by atoms with Crippen molar-refractivity contribution < 1.29 is 23.0 Å². The second kappa shape index (κ2) is 7.64. The molecule has 0 bridgehead atoms. The van der Waals surface area contributed by atoms with Crippen LogP contribution in [0.5, 0.6) is 0 Å². The van der Waals surface area contributed by atoms with Crippen molar-refractivity contribution >= 4 is 0 Å². The van der Waals surface area contributed by atoms with Gasteiger partial charge in [-0.1, -0.05) is 18.2 Å². The summed E-state index contributed by atoms with van der Waals surface area (Å²) in [7, 11) is 0. The Kier molecular flexibility index (Phi) is 6.06. The summed E-state index contributed by atoms with van der Waals surface area (Å²) in [6, 6.07) is 5.89. The summed E-state index contributed by atoms with van der Waals surface area (Å²) in [5.74, 6) is 0. The van der Waals surface area contributed by atoms with Gasteiger partial charge in [-0.25, -0.2) is 0 Å². The summed E-state index contributed by atoms with van der Waals surface area (Å²) in [6.07, 6.45) is -3.11. The fraction of sp³-hybridized carbons (Fsp3) is 0.647. The van der Waals surface area contributed by atoms with E-state index in [0.717, 1.165) is 18.9 Å². The molecule has 1 unspecified atom stereocenters. The number of hydrogen-bond donors (Lipinski definition) is 1. The van der Waals surface area contributed by atoms with E-state index in [4.69, 9.17) is 4.74 Å². The Morgan fingerprint density at radius 1 is 1.26 bits per heavy atom. The van der Waals surface area contributed by atoms with Gasteiger partial charge in [-0.2, -0.15) is 13.2 Å². The topological polar surface area (TPSA) is 32.7 Å². The number of hydrogen-bond acceptors (Lipinski definition) is 3. The first-order chi connectivity index (χ1) is 10.8. The zero-order valence-electron chi connectivity index (χ0n) is 13.5. The quantitative estimate of drug-likeness (QED) is 0.792. The molecule has 1 N–H and O–H groups in total. The highest BCUT2D eigenvalue weighted by Crippen LogP contribution is 2.34. The third-order valence-electron chi connectivity index (χ3n) is 3.83. The summed E-state index contributed by atoms with van der Waals surface area (Å²) in [5.41, 5.74) is -0.345. The predicted molar refractivity (Wildman–Crippen MR) is 82.0 cm³/mol. The highest BCUT2D eigenvalue weighted by atomic mass is 19.4. The number of aliphatic hydroxyl groups excluding tert-OH is 1. The molecule has 130 valence electrons. The van der Waals surface area contributed by atoms with Crippen molar-refractivity contribution in [2.45, 2.75) is 57.7 Å². The second-order valence-electron chi connectivity index (χ2n) is 6.35. The molecule has 1 aliphatic rings. The molecule has 1 aromatic rings. The predicted octanol–water partition coefficient (Wildman–Crippen LogP) is 3.46. The van der Waals surface area contributed by atoms with E-state index in [0.29, 0.717) is 6.54 Å². The maximum Gasteiger partial charge on any atom is 0.416 e. The molecule has 6 heteroatoms. The average molecular weight is 331 g/mol. The molecule has 0 spiro atoms. The van der Waals surface area contributed by atoms with Crippen molar-refractivity contribution in [2.75, 3.05) is 13.2 Å². The second-order valence-corrected chi connectivity index (χ2v) is 6.35. The average Bonchev–Trinajstić information content (AvgIpc) is 3.28. The third-order valence-corrected chi connectivity index (χ3v) is 3.83. The SMILES string of the molecule is CC(C)OCC(O)CN(Cc1ccccc1C(F)(F)F)C1CC1. The monoisotopic (exact) mass is 331 g/mol. The molecule has 1 aromatic carbocycles. The first-order valence-electron chi connectivity index (χ1n) is 7.96. The van der Waals surface area contributed by atoms with E-state index in [9.17, 15) is 18.3 Å². The van der Waals surface area contributed by atoms with Gasteiger partial charge in [0, 0.05) is 19.1 Å². The van der Waals surface area contributed by atoms with E-state index in [1.807, 2.05) is 18.7 Å². The lowest BCUT2D eigenvalue weighted by Crippen LogP contribution is -2.37. The van der Waals surface area contributed by atoms with Gasteiger partial charge in [0.2, 0.25) is 0 Å². The van der Waals surface area contributed by atoms with Gasteiger partial charge in [-0.05, 0) is 38.3 Å². The van der Waals surface area contributed by atoms with Crippen LogP contribution in [0.4, 0.5) is 13.2 Å². The van der Waals surface area contributed by atoms with Gasteiger partial charge in [-0.15, -0.1) is 0 Å². The van der Waals surface area contributed by atoms with Crippen LogP contribution in [-0.2, 0) is 17.5 Å². The van der Waals surface area contributed by atoms with Crippen molar-refractivity contribution in [3.63, 3.8) is 0 Å². The summed E-state index contributed by atoms with van der Waals surface area (Å²) < 4.78 is 44.7. The molecule has 1 fully saturated rings. The molecule has 0 amide bonds. The van der Waals surface area contributed by atoms with Crippen molar-refractivity contribution in [3.05, 3.63) is 35.4 Å².